The summed E-state index contributed by atoms with van der Waals surface area (Å²) < 4.78 is 33.4. The quantitative estimate of drug-likeness (QED) is 0.821. The van der Waals surface area contributed by atoms with E-state index in [4.69, 9.17) is 4.74 Å². The van der Waals surface area contributed by atoms with Gasteiger partial charge in [-0.05, 0) is 36.2 Å². The predicted octanol–water partition coefficient (Wildman–Crippen LogP) is 2.09. The second-order valence-electron chi connectivity index (χ2n) is 6.29. The van der Waals surface area contributed by atoms with Crippen LogP contribution in [0.3, 0.4) is 0 Å². The molecule has 1 N–H and O–H groups in total. The van der Waals surface area contributed by atoms with Crippen LogP contribution in [-0.2, 0) is 21.5 Å². The average Bonchev–Trinajstić information content (AvgIpc) is 2.66. The molecule has 0 saturated carbocycles. The normalized spacial score (nSPS) is 17.4. The van der Waals surface area contributed by atoms with E-state index in [-0.39, 0.29) is 12.5 Å². The van der Waals surface area contributed by atoms with E-state index in [9.17, 15) is 13.2 Å². The van der Waals surface area contributed by atoms with E-state index < -0.39 is 10.2 Å². The number of ether oxygens (including phenoxy) is 1. The van der Waals surface area contributed by atoms with Crippen LogP contribution in [0.4, 0.5) is 5.69 Å². The minimum Gasteiger partial charge on any atom is -0.497 e. The highest BCUT2D eigenvalue weighted by Crippen LogP contribution is 2.20. The Kier molecular flexibility index (Phi) is 6.10. The van der Waals surface area contributed by atoms with Crippen LogP contribution in [0.25, 0.3) is 0 Å². The Morgan fingerprint density at radius 2 is 1.70 bits per heavy atom. The van der Waals surface area contributed by atoms with Gasteiger partial charge in [-0.25, -0.2) is 0 Å². The molecule has 0 unspecified atom stereocenters. The molecule has 1 amide bonds. The van der Waals surface area contributed by atoms with Gasteiger partial charge in [0.15, 0.2) is 0 Å². The van der Waals surface area contributed by atoms with Gasteiger partial charge in [0.1, 0.15) is 5.75 Å². The molecule has 1 aliphatic heterocycles. The number of hydrogen-bond donors (Lipinski definition) is 1. The van der Waals surface area contributed by atoms with Gasteiger partial charge in [0.2, 0.25) is 5.91 Å². The molecular weight excluding hydrogens is 366 g/mol. The van der Waals surface area contributed by atoms with Crippen molar-refractivity contribution in [3.05, 3.63) is 60.2 Å². The fourth-order valence-corrected chi connectivity index (χ4v) is 4.60. The molecule has 3 rings (SSSR count). The largest absolute Gasteiger partial charge is 0.497 e. The van der Waals surface area contributed by atoms with E-state index >= 15 is 0 Å². The van der Waals surface area contributed by atoms with Crippen LogP contribution in [-0.4, -0.2) is 49.7 Å². The maximum absolute atomic E-state index is 12.8. The van der Waals surface area contributed by atoms with Gasteiger partial charge in [0.25, 0.3) is 10.2 Å². The lowest BCUT2D eigenvalue weighted by molar-refractivity contribution is -0.116. The lowest BCUT2D eigenvalue weighted by Gasteiger charge is -2.34. The van der Waals surface area contributed by atoms with Gasteiger partial charge in [0, 0.05) is 25.3 Å². The van der Waals surface area contributed by atoms with Gasteiger partial charge in [-0.15, -0.1) is 0 Å². The molecule has 2 aromatic carbocycles. The second-order valence-corrected chi connectivity index (χ2v) is 8.22. The Bertz CT molecular complexity index is 870. The minimum absolute atomic E-state index is 0.209. The summed E-state index contributed by atoms with van der Waals surface area (Å²) in [4.78, 5) is 12.3. The van der Waals surface area contributed by atoms with Crippen LogP contribution in [0.1, 0.15) is 12.0 Å². The Labute approximate surface area is 159 Å². The topological polar surface area (TPSA) is 79.0 Å². The van der Waals surface area contributed by atoms with Crippen molar-refractivity contribution in [2.75, 3.05) is 32.1 Å². The number of amides is 1. The first-order chi connectivity index (χ1) is 13.0. The number of nitrogens with one attached hydrogen (secondary N) is 1. The van der Waals surface area contributed by atoms with Gasteiger partial charge in [-0.2, -0.15) is 17.0 Å². The smallest absolute Gasteiger partial charge is 0.282 e. The van der Waals surface area contributed by atoms with E-state index in [1.807, 2.05) is 30.3 Å². The molecule has 27 heavy (non-hydrogen) atoms. The number of methoxy groups -OCH3 is 1. The average molecular weight is 389 g/mol. The van der Waals surface area contributed by atoms with Crippen LogP contribution >= 0.6 is 0 Å². The molecule has 7 nitrogen and oxygen atoms in total. The minimum atomic E-state index is -3.67. The molecule has 1 saturated heterocycles. The highest BCUT2D eigenvalue weighted by atomic mass is 32.2. The van der Waals surface area contributed by atoms with E-state index in [2.05, 4.69) is 5.32 Å². The van der Waals surface area contributed by atoms with Gasteiger partial charge < -0.3 is 10.1 Å². The van der Waals surface area contributed by atoms with Crippen LogP contribution in [0.5, 0.6) is 5.75 Å². The second kappa shape index (κ2) is 8.51. The SMILES string of the molecule is COc1ccc(NC(=O)CN2CCCN(Cc3ccccc3)S2(=O)=O)cc1. The number of benzene rings is 2. The van der Waals surface area contributed by atoms with Gasteiger partial charge in [-0.1, -0.05) is 30.3 Å². The number of anilines is 1. The Morgan fingerprint density at radius 3 is 2.37 bits per heavy atom. The van der Waals surface area contributed by atoms with Crippen molar-refractivity contribution in [3.8, 4) is 5.75 Å². The van der Waals surface area contributed by atoms with E-state index in [0.29, 0.717) is 37.5 Å². The lowest BCUT2D eigenvalue weighted by Crippen LogP contribution is -2.51. The van der Waals surface area contributed by atoms with Gasteiger partial charge >= 0.3 is 0 Å². The van der Waals surface area contributed by atoms with Crippen molar-refractivity contribution in [3.63, 3.8) is 0 Å². The zero-order chi connectivity index (χ0) is 19.3. The molecule has 1 heterocycles. The standard InChI is InChI=1S/C19H23N3O4S/c1-26-18-10-8-17(9-11-18)20-19(23)15-22-13-5-12-21(27(22,24)25)14-16-6-3-2-4-7-16/h2-4,6-11H,5,12-15H2,1H3,(H,20,23). The maximum Gasteiger partial charge on any atom is 0.282 e. The monoisotopic (exact) mass is 389 g/mol. The van der Waals surface area contributed by atoms with Crippen LogP contribution in [0.2, 0.25) is 0 Å². The Hall–Kier alpha value is -2.42. The molecule has 0 atom stereocenters. The molecule has 0 aromatic heterocycles. The van der Waals surface area contributed by atoms with Crippen molar-refractivity contribution < 1.29 is 17.9 Å². The lowest BCUT2D eigenvalue weighted by atomic mass is 10.2. The third-order valence-electron chi connectivity index (χ3n) is 4.36. The summed E-state index contributed by atoms with van der Waals surface area (Å²) in [5.74, 6) is 0.313. The summed E-state index contributed by atoms with van der Waals surface area (Å²) in [6, 6.07) is 16.3. The molecule has 0 aliphatic carbocycles. The molecule has 1 aliphatic rings. The highest BCUT2D eigenvalue weighted by molar-refractivity contribution is 7.86. The maximum atomic E-state index is 12.8. The Morgan fingerprint density at radius 1 is 1.04 bits per heavy atom. The molecule has 144 valence electrons. The molecule has 8 heteroatoms. The van der Waals surface area contributed by atoms with Crippen LogP contribution in [0.15, 0.2) is 54.6 Å². The summed E-state index contributed by atoms with van der Waals surface area (Å²) in [5, 5.41) is 2.72. The summed E-state index contributed by atoms with van der Waals surface area (Å²) in [6.07, 6.45) is 0.682. The van der Waals surface area contributed by atoms with Crippen molar-refractivity contribution in [1.82, 2.24) is 8.61 Å². The number of nitrogens with zero attached hydrogens (tertiary/aromatic N) is 2. The van der Waals surface area contributed by atoms with Crippen molar-refractivity contribution in [2.24, 2.45) is 0 Å². The molecule has 1 fully saturated rings. The summed E-state index contributed by atoms with van der Waals surface area (Å²) in [5.41, 5.74) is 1.52. The van der Waals surface area contributed by atoms with Crippen molar-refractivity contribution in [1.29, 1.82) is 0 Å². The number of rotatable bonds is 6. The number of carbonyl (C=O) groups is 1. The Balaban J connectivity index is 1.63. The molecular formula is C19H23N3O4S. The third-order valence-corrected chi connectivity index (χ3v) is 6.29. The number of hydrogen-bond acceptors (Lipinski definition) is 4. The van der Waals surface area contributed by atoms with Crippen molar-refractivity contribution in [2.45, 2.75) is 13.0 Å². The molecule has 0 spiro atoms. The molecule has 2 aromatic rings. The zero-order valence-corrected chi connectivity index (χ0v) is 16.0. The first-order valence-electron chi connectivity index (χ1n) is 8.72. The van der Waals surface area contributed by atoms with Gasteiger partial charge in [0.05, 0.1) is 13.7 Å². The van der Waals surface area contributed by atoms with E-state index in [1.165, 1.54) is 8.61 Å². The summed E-state index contributed by atoms with van der Waals surface area (Å²) in [6.45, 7) is 0.886. The van der Waals surface area contributed by atoms with Gasteiger partial charge in [-0.3, -0.25) is 4.79 Å². The van der Waals surface area contributed by atoms with Crippen LogP contribution in [0, 0.1) is 0 Å². The molecule has 0 bridgehead atoms. The number of carbonyl (C=O) groups excluding carboxylic acids is 1. The fourth-order valence-electron chi connectivity index (χ4n) is 2.96. The summed E-state index contributed by atoms with van der Waals surface area (Å²) in [7, 11) is -2.11. The fraction of sp³-hybridized carbons (Fsp3) is 0.316. The van der Waals surface area contributed by atoms with E-state index in [1.54, 1.807) is 31.4 Å². The van der Waals surface area contributed by atoms with E-state index in [0.717, 1.165) is 5.56 Å². The first-order valence-corrected chi connectivity index (χ1v) is 10.1. The highest BCUT2D eigenvalue weighted by Gasteiger charge is 2.34. The van der Waals surface area contributed by atoms with Crippen molar-refractivity contribution >= 4 is 21.8 Å². The first kappa shape index (κ1) is 19.3. The summed E-state index contributed by atoms with van der Waals surface area (Å²) >= 11 is 0. The van der Waals surface area contributed by atoms with Crippen LogP contribution < -0.4 is 10.1 Å². The molecule has 0 radical (unpaired) electrons. The third kappa shape index (κ3) is 4.85. The predicted molar refractivity (Wildman–Crippen MR) is 104 cm³/mol. The zero-order valence-electron chi connectivity index (χ0n) is 15.2.